The van der Waals surface area contributed by atoms with Gasteiger partial charge in [-0.25, -0.2) is 4.98 Å². The van der Waals surface area contributed by atoms with Gasteiger partial charge in [0.2, 0.25) is 0 Å². The van der Waals surface area contributed by atoms with Gasteiger partial charge in [0, 0.05) is 5.92 Å². The van der Waals surface area contributed by atoms with Gasteiger partial charge >= 0.3 is 0 Å². The fourth-order valence-electron chi connectivity index (χ4n) is 2.68. The third kappa shape index (κ3) is 3.94. The minimum absolute atomic E-state index is 0.136. The van der Waals surface area contributed by atoms with E-state index in [2.05, 4.69) is 10.3 Å². The molecule has 26 heavy (non-hydrogen) atoms. The molecule has 2 aromatic carbocycles. The highest BCUT2D eigenvalue weighted by atomic mass is 32.1. The lowest BCUT2D eigenvalue weighted by molar-refractivity contribution is 0.102. The predicted octanol–water partition coefficient (Wildman–Crippen LogP) is 5.16. The zero-order chi connectivity index (χ0) is 17.9. The van der Waals surface area contributed by atoms with E-state index in [-0.39, 0.29) is 5.91 Å². The Balaban J connectivity index is 1.48. The molecule has 1 N–H and O–H groups in total. The predicted molar refractivity (Wildman–Crippen MR) is 104 cm³/mol. The van der Waals surface area contributed by atoms with Crippen LogP contribution in [0.5, 0.6) is 5.75 Å². The Morgan fingerprint density at radius 2 is 2.04 bits per heavy atom. The molecule has 0 saturated heterocycles. The van der Waals surface area contributed by atoms with Gasteiger partial charge in [0.15, 0.2) is 0 Å². The molecular weight excluding hydrogens is 344 g/mol. The van der Waals surface area contributed by atoms with Crippen molar-refractivity contribution in [3.63, 3.8) is 0 Å². The molecule has 0 spiro atoms. The van der Waals surface area contributed by atoms with Crippen molar-refractivity contribution in [2.24, 2.45) is 0 Å². The van der Waals surface area contributed by atoms with Gasteiger partial charge in [-0.2, -0.15) is 0 Å². The lowest BCUT2D eigenvalue weighted by atomic mass is 10.2. The van der Waals surface area contributed by atoms with Crippen LogP contribution in [0.3, 0.4) is 0 Å². The van der Waals surface area contributed by atoms with Crippen LogP contribution < -0.4 is 10.1 Å². The molecule has 0 radical (unpaired) electrons. The summed E-state index contributed by atoms with van der Waals surface area (Å²) in [5.74, 6) is 1.10. The average Bonchev–Trinajstić information content (AvgIpc) is 3.39. The fraction of sp³-hybridized carbons (Fsp3) is 0.238. The highest BCUT2D eigenvalue weighted by molar-refractivity contribution is 7.13. The van der Waals surface area contributed by atoms with Crippen LogP contribution in [-0.4, -0.2) is 10.9 Å². The van der Waals surface area contributed by atoms with Crippen molar-refractivity contribution in [2.45, 2.75) is 32.3 Å². The number of aromatic nitrogens is 1. The Kier molecular flexibility index (Phi) is 4.71. The van der Waals surface area contributed by atoms with Crippen LogP contribution in [0.25, 0.3) is 0 Å². The van der Waals surface area contributed by atoms with Gasteiger partial charge in [-0.1, -0.05) is 36.4 Å². The third-order valence-corrected chi connectivity index (χ3v) is 5.46. The summed E-state index contributed by atoms with van der Waals surface area (Å²) in [4.78, 5) is 17.6. The van der Waals surface area contributed by atoms with Crippen molar-refractivity contribution in [1.82, 2.24) is 4.98 Å². The number of nitrogens with one attached hydrogen (secondary N) is 1. The van der Waals surface area contributed by atoms with E-state index in [4.69, 9.17) is 4.74 Å². The second kappa shape index (κ2) is 7.30. The van der Waals surface area contributed by atoms with Crippen molar-refractivity contribution in [2.75, 3.05) is 5.32 Å². The Morgan fingerprint density at radius 3 is 2.81 bits per heavy atom. The summed E-state index contributed by atoms with van der Waals surface area (Å²) in [6.45, 7) is 2.46. The SMILES string of the molecule is Cc1ccc(NC(=O)c2cnc(C3CC3)s2)c(OCc2ccccc2)c1. The normalized spacial score (nSPS) is 13.4. The number of carbonyl (C=O) groups is 1. The van der Waals surface area contributed by atoms with Crippen molar-refractivity contribution in [1.29, 1.82) is 0 Å². The van der Waals surface area contributed by atoms with Crippen LogP contribution in [-0.2, 0) is 6.61 Å². The molecule has 4 nitrogen and oxygen atoms in total. The minimum Gasteiger partial charge on any atom is -0.487 e. The monoisotopic (exact) mass is 364 g/mol. The number of hydrogen-bond donors (Lipinski definition) is 1. The first-order chi connectivity index (χ1) is 12.7. The molecule has 132 valence electrons. The highest BCUT2D eigenvalue weighted by Crippen LogP contribution is 2.41. The summed E-state index contributed by atoms with van der Waals surface area (Å²) >= 11 is 1.49. The summed E-state index contributed by atoms with van der Waals surface area (Å²) in [6.07, 6.45) is 4.04. The molecule has 3 aromatic rings. The van der Waals surface area contributed by atoms with Gasteiger partial charge in [0.1, 0.15) is 17.2 Å². The molecule has 0 bridgehead atoms. The quantitative estimate of drug-likeness (QED) is 0.657. The standard InChI is InChI=1S/C21H20N2O2S/c1-14-7-10-17(18(11-14)25-13-15-5-3-2-4-6-15)23-20(24)19-12-22-21(26-19)16-8-9-16/h2-7,10-12,16H,8-9,13H2,1H3,(H,23,24). The van der Waals surface area contributed by atoms with Crippen LogP contribution in [0.2, 0.25) is 0 Å². The van der Waals surface area contributed by atoms with E-state index in [1.807, 2.05) is 55.5 Å². The summed E-state index contributed by atoms with van der Waals surface area (Å²) < 4.78 is 5.97. The maximum Gasteiger partial charge on any atom is 0.267 e. The van der Waals surface area contributed by atoms with Gasteiger partial charge in [0.05, 0.1) is 16.9 Å². The van der Waals surface area contributed by atoms with Gasteiger partial charge in [-0.3, -0.25) is 4.79 Å². The molecular formula is C21H20N2O2S. The zero-order valence-electron chi connectivity index (χ0n) is 14.6. The molecule has 5 heteroatoms. The number of hydrogen-bond acceptors (Lipinski definition) is 4. The van der Waals surface area contributed by atoms with Gasteiger partial charge in [0.25, 0.3) is 5.91 Å². The van der Waals surface area contributed by atoms with E-state index in [1.165, 1.54) is 24.2 Å². The topological polar surface area (TPSA) is 51.2 Å². The molecule has 1 fully saturated rings. The maximum absolute atomic E-state index is 12.6. The number of nitrogens with zero attached hydrogens (tertiary/aromatic N) is 1. The number of carbonyl (C=O) groups excluding carboxylic acids is 1. The molecule has 0 unspecified atom stereocenters. The van der Waals surface area contributed by atoms with Crippen LogP contribution in [0, 0.1) is 6.92 Å². The molecule has 1 amide bonds. The number of aryl methyl sites for hydroxylation is 1. The van der Waals surface area contributed by atoms with Crippen LogP contribution in [0.1, 0.15) is 44.6 Å². The van der Waals surface area contributed by atoms with E-state index >= 15 is 0 Å². The molecule has 1 aliphatic rings. The molecule has 1 aliphatic carbocycles. The van der Waals surface area contributed by atoms with Crippen molar-refractivity contribution in [3.05, 3.63) is 75.7 Å². The first kappa shape index (κ1) is 16.8. The summed E-state index contributed by atoms with van der Waals surface area (Å²) in [6, 6.07) is 15.8. The van der Waals surface area contributed by atoms with Crippen LogP contribution in [0.15, 0.2) is 54.7 Å². The van der Waals surface area contributed by atoms with Crippen molar-refractivity contribution < 1.29 is 9.53 Å². The van der Waals surface area contributed by atoms with Crippen molar-refractivity contribution >= 4 is 22.9 Å². The Labute approximate surface area is 156 Å². The Hall–Kier alpha value is -2.66. The van der Waals surface area contributed by atoms with E-state index < -0.39 is 0 Å². The van der Waals surface area contributed by atoms with E-state index in [1.54, 1.807) is 6.20 Å². The van der Waals surface area contributed by atoms with Crippen LogP contribution in [0.4, 0.5) is 5.69 Å². The Bertz CT molecular complexity index is 917. The summed E-state index contributed by atoms with van der Waals surface area (Å²) in [5, 5.41) is 4.04. The van der Waals surface area contributed by atoms with E-state index in [0.717, 1.165) is 16.1 Å². The third-order valence-electron chi connectivity index (χ3n) is 4.30. The molecule has 1 aromatic heterocycles. The highest BCUT2D eigenvalue weighted by Gasteiger charge is 2.27. The lowest BCUT2D eigenvalue weighted by Gasteiger charge is -2.13. The molecule has 0 aliphatic heterocycles. The van der Waals surface area contributed by atoms with Gasteiger partial charge in [-0.15, -0.1) is 11.3 Å². The second-order valence-corrected chi connectivity index (χ2v) is 7.63. The Morgan fingerprint density at radius 1 is 1.23 bits per heavy atom. The lowest BCUT2D eigenvalue weighted by Crippen LogP contribution is -2.11. The van der Waals surface area contributed by atoms with Gasteiger partial charge in [-0.05, 0) is 43.0 Å². The molecule has 4 rings (SSSR count). The minimum atomic E-state index is -0.136. The van der Waals surface area contributed by atoms with E-state index in [0.29, 0.717) is 28.8 Å². The van der Waals surface area contributed by atoms with Crippen molar-refractivity contribution in [3.8, 4) is 5.75 Å². The largest absolute Gasteiger partial charge is 0.487 e. The fourth-order valence-corrected chi connectivity index (χ4v) is 3.67. The zero-order valence-corrected chi connectivity index (χ0v) is 15.4. The number of rotatable bonds is 6. The average molecular weight is 364 g/mol. The number of anilines is 1. The summed E-state index contributed by atoms with van der Waals surface area (Å²) in [7, 11) is 0. The van der Waals surface area contributed by atoms with Crippen LogP contribution >= 0.6 is 11.3 Å². The van der Waals surface area contributed by atoms with Gasteiger partial charge < -0.3 is 10.1 Å². The summed E-state index contributed by atoms with van der Waals surface area (Å²) in [5.41, 5.74) is 2.85. The first-order valence-corrected chi connectivity index (χ1v) is 9.55. The van der Waals surface area contributed by atoms with E-state index in [9.17, 15) is 4.79 Å². The second-order valence-electron chi connectivity index (χ2n) is 6.57. The number of benzene rings is 2. The maximum atomic E-state index is 12.6. The molecule has 0 atom stereocenters. The number of ether oxygens (including phenoxy) is 1. The molecule has 1 heterocycles. The molecule has 1 saturated carbocycles. The smallest absolute Gasteiger partial charge is 0.267 e. The number of amides is 1. The first-order valence-electron chi connectivity index (χ1n) is 8.73. The number of thiazole rings is 1.